The topological polar surface area (TPSA) is 0 Å². The van der Waals surface area contributed by atoms with Crippen LogP contribution in [0.1, 0.15) is 0 Å². The van der Waals surface area contributed by atoms with Crippen LogP contribution in [0.25, 0.3) is 0 Å². The van der Waals surface area contributed by atoms with Crippen molar-refractivity contribution in [1.82, 2.24) is 0 Å². The third-order valence-electron chi connectivity index (χ3n) is 2.69. The van der Waals surface area contributed by atoms with Crippen LogP contribution in [0.4, 0.5) is 0 Å². The lowest BCUT2D eigenvalue weighted by Crippen LogP contribution is -2.39. The van der Waals surface area contributed by atoms with Crippen molar-refractivity contribution in [2.75, 3.05) is 0 Å². The Balaban J connectivity index is 2.59. The van der Waals surface area contributed by atoms with Crippen LogP contribution in [0.3, 0.4) is 0 Å². The Morgan fingerprint density at radius 2 is 0.909 bits per heavy atom. The summed E-state index contributed by atoms with van der Waals surface area (Å²) < 4.78 is -3.56. The minimum absolute atomic E-state index is 0.590. The van der Waals surface area contributed by atoms with Crippen molar-refractivity contribution in [2.45, 2.75) is 17.2 Å². The molecule has 2 aromatic carbocycles. The molecule has 0 nitrogen and oxygen atoms in total. The van der Waals surface area contributed by atoms with Crippen LogP contribution in [0.5, 0.6) is 0 Å². The SMILES string of the molecule is Clc1ccc([S+](c2ccc(Cl)cc2)C(Cl)(Cl)C(Cl)(Cl)Cl)cc1. The second-order valence-corrected chi connectivity index (χ2v) is 11.3. The highest BCUT2D eigenvalue weighted by atomic mass is 35.6. The number of hydrogen-bond acceptors (Lipinski definition) is 0. The first-order valence-electron chi connectivity index (χ1n) is 5.83. The van der Waals surface area contributed by atoms with Crippen LogP contribution in [0.2, 0.25) is 10.0 Å². The molecule has 0 aliphatic heterocycles. The third-order valence-corrected chi connectivity index (χ3v) is 8.75. The summed E-state index contributed by atoms with van der Waals surface area (Å²) in [7, 11) is -0.930. The maximum absolute atomic E-state index is 6.44. The Kier molecular flexibility index (Phi) is 6.42. The molecule has 118 valence electrons. The third kappa shape index (κ3) is 4.26. The van der Waals surface area contributed by atoms with Gasteiger partial charge in [0, 0.05) is 10.0 Å². The fourth-order valence-electron chi connectivity index (χ4n) is 1.69. The highest BCUT2D eigenvalue weighted by molar-refractivity contribution is 8.01. The number of halogens is 7. The fraction of sp³-hybridized carbons (Fsp3) is 0.143. The van der Waals surface area contributed by atoms with Crippen molar-refractivity contribution in [3.05, 3.63) is 58.6 Å². The highest BCUT2D eigenvalue weighted by Crippen LogP contribution is 2.54. The van der Waals surface area contributed by atoms with Gasteiger partial charge in [0.1, 0.15) is 10.9 Å². The molecular weight excluding hydrogens is 448 g/mol. The molecular formula is C14H8Cl7S+. The lowest BCUT2D eigenvalue weighted by atomic mass is 10.4. The molecule has 0 heterocycles. The van der Waals surface area contributed by atoms with Gasteiger partial charge < -0.3 is 0 Å². The van der Waals surface area contributed by atoms with Gasteiger partial charge in [0.15, 0.2) is 9.79 Å². The Morgan fingerprint density at radius 3 is 1.18 bits per heavy atom. The smallest absolute Gasteiger partial charge is 0.0843 e. The molecule has 0 aliphatic carbocycles. The molecule has 0 atom stereocenters. The second-order valence-electron chi connectivity index (χ2n) is 4.23. The van der Waals surface area contributed by atoms with E-state index in [-0.39, 0.29) is 0 Å². The average Bonchev–Trinajstić information content (AvgIpc) is 2.42. The van der Waals surface area contributed by atoms with Crippen LogP contribution in [-0.4, -0.2) is 7.46 Å². The monoisotopic (exact) mass is 453 g/mol. The first-order chi connectivity index (χ1) is 10.1. The minimum atomic E-state index is -1.89. The predicted octanol–water partition coefficient (Wildman–Crippen LogP) is 7.53. The van der Waals surface area contributed by atoms with Crippen molar-refractivity contribution in [3.8, 4) is 0 Å². The molecule has 0 saturated heterocycles. The van der Waals surface area contributed by atoms with Gasteiger partial charge in [0.25, 0.3) is 3.79 Å². The van der Waals surface area contributed by atoms with Crippen LogP contribution in [-0.2, 0) is 10.9 Å². The maximum Gasteiger partial charge on any atom is 0.333 e. The number of hydrogen-bond donors (Lipinski definition) is 0. The van der Waals surface area contributed by atoms with Gasteiger partial charge in [-0.2, -0.15) is 0 Å². The first kappa shape index (κ1) is 19.1. The molecule has 0 aromatic heterocycles. The highest BCUT2D eigenvalue weighted by Gasteiger charge is 2.62. The lowest BCUT2D eigenvalue weighted by molar-refractivity contribution is 1.08. The Hall–Kier alpha value is 0.820. The lowest BCUT2D eigenvalue weighted by Gasteiger charge is -2.26. The van der Waals surface area contributed by atoms with E-state index in [9.17, 15) is 0 Å². The molecule has 22 heavy (non-hydrogen) atoms. The Morgan fingerprint density at radius 1 is 0.591 bits per heavy atom. The summed E-state index contributed by atoms with van der Waals surface area (Å²) in [5.41, 5.74) is 0. The van der Waals surface area contributed by atoms with Crippen LogP contribution < -0.4 is 0 Å². The molecule has 0 spiro atoms. The molecule has 2 aromatic rings. The molecule has 0 amide bonds. The van der Waals surface area contributed by atoms with Crippen molar-refractivity contribution < 1.29 is 0 Å². The second kappa shape index (κ2) is 7.37. The van der Waals surface area contributed by atoms with Gasteiger partial charge in [0.2, 0.25) is 0 Å². The number of alkyl halides is 5. The van der Waals surface area contributed by atoms with Crippen molar-refractivity contribution in [2.24, 2.45) is 0 Å². The predicted molar refractivity (Wildman–Crippen MR) is 102 cm³/mol. The summed E-state index contributed by atoms with van der Waals surface area (Å²) in [6, 6.07) is 14.1. The van der Waals surface area contributed by atoms with E-state index in [2.05, 4.69) is 0 Å². The van der Waals surface area contributed by atoms with Crippen LogP contribution in [0.15, 0.2) is 58.3 Å². The molecule has 0 saturated carbocycles. The molecule has 0 bridgehead atoms. The first-order valence-corrected chi connectivity index (χ1v) is 9.70. The molecule has 0 radical (unpaired) electrons. The van der Waals surface area contributed by atoms with Gasteiger partial charge in [-0.1, -0.05) is 58.0 Å². The quantitative estimate of drug-likeness (QED) is 0.331. The van der Waals surface area contributed by atoms with Gasteiger partial charge >= 0.3 is 3.67 Å². The zero-order chi connectivity index (χ0) is 16.5. The van der Waals surface area contributed by atoms with Crippen molar-refractivity contribution in [1.29, 1.82) is 0 Å². The summed E-state index contributed by atoms with van der Waals surface area (Å²) >= 11 is 42.8. The van der Waals surface area contributed by atoms with E-state index in [1.807, 2.05) is 0 Å². The van der Waals surface area contributed by atoms with E-state index in [1.165, 1.54) is 0 Å². The van der Waals surface area contributed by atoms with Crippen LogP contribution in [0, 0.1) is 0 Å². The standard InChI is InChI=1S/C14H8Cl7S/c15-9-1-5-11(6-2-9)22(14(20,21)13(17,18)19)12-7-3-10(16)4-8-12/h1-8H/q+1. The van der Waals surface area contributed by atoms with E-state index >= 15 is 0 Å². The maximum atomic E-state index is 6.44. The van der Waals surface area contributed by atoms with Crippen LogP contribution >= 0.6 is 81.2 Å². The largest absolute Gasteiger partial charge is 0.333 e. The Labute approximate surface area is 166 Å². The molecule has 0 fully saturated rings. The Bertz CT molecular complexity index is 586. The summed E-state index contributed by atoms with van der Waals surface area (Å²) in [5, 5.41) is 1.18. The van der Waals surface area contributed by atoms with E-state index in [0.29, 0.717) is 10.0 Å². The summed E-state index contributed by atoms with van der Waals surface area (Å²) in [5.74, 6) is 0. The normalized spacial score (nSPS) is 12.7. The summed E-state index contributed by atoms with van der Waals surface area (Å²) in [6.07, 6.45) is 0. The molecule has 8 heteroatoms. The molecule has 0 N–H and O–H groups in total. The van der Waals surface area contributed by atoms with Gasteiger partial charge in [-0.15, -0.1) is 0 Å². The van der Waals surface area contributed by atoms with Gasteiger partial charge in [-0.05, 0) is 71.7 Å². The van der Waals surface area contributed by atoms with Gasteiger partial charge in [-0.3, -0.25) is 0 Å². The number of benzene rings is 2. The number of rotatable bonds is 3. The van der Waals surface area contributed by atoms with Gasteiger partial charge in [0.05, 0.1) is 0 Å². The molecule has 0 aliphatic rings. The van der Waals surface area contributed by atoms with Crippen molar-refractivity contribution in [3.63, 3.8) is 0 Å². The zero-order valence-corrected chi connectivity index (χ0v) is 16.8. The molecule has 0 unspecified atom stereocenters. The summed E-state index contributed by atoms with van der Waals surface area (Å²) in [4.78, 5) is 1.59. The van der Waals surface area contributed by atoms with E-state index < -0.39 is 18.4 Å². The summed E-state index contributed by atoms with van der Waals surface area (Å²) in [6.45, 7) is 0. The van der Waals surface area contributed by atoms with Crippen molar-refractivity contribution >= 4 is 92.1 Å². The fourth-order valence-corrected chi connectivity index (χ4v) is 5.62. The average molecular weight is 456 g/mol. The van der Waals surface area contributed by atoms with E-state index in [4.69, 9.17) is 81.2 Å². The molecule has 2 rings (SSSR count). The van der Waals surface area contributed by atoms with Gasteiger partial charge in [-0.25, -0.2) is 0 Å². The zero-order valence-electron chi connectivity index (χ0n) is 10.7. The van der Waals surface area contributed by atoms with E-state index in [0.717, 1.165) is 9.79 Å². The van der Waals surface area contributed by atoms with E-state index in [1.54, 1.807) is 48.5 Å². The minimum Gasteiger partial charge on any atom is -0.0843 e.